The van der Waals surface area contributed by atoms with E-state index < -0.39 is 6.67 Å². The third kappa shape index (κ3) is 5.27. The lowest BCUT2D eigenvalue weighted by molar-refractivity contribution is -0.120. The summed E-state index contributed by atoms with van der Waals surface area (Å²) in [7, 11) is 0. The molecule has 0 aliphatic heterocycles. The Morgan fingerprint density at radius 2 is 1.83 bits per heavy atom. The number of benzene rings is 1. The Hall–Kier alpha value is -1.43. The first-order valence-electron chi connectivity index (χ1n) is 5.50. The molecule has 0 bridgehead atoms. The number of alkyl halides is 1. The summed E-state index contributed by atoms with van der Waals surface area (Å²) in [6.07, 6.45) is 0.284. The number of nitrogens with one attached hydrogen (secondary N) is 2. The average molecular weight is 317 g/mol. The van der Waals surface area contributed by atoms with Crippen molar-refractivity contribution < 1.29 is 14.0 Å². The first-order chi connectivity index (χ1) is 8.63. The Morgan fingerprint density at radius 3 is 2.44 bits per heavy atom. The van der Waals surface area contributed by atoms with Gasteiger partial charge in [-0.05, 0) is 30.7 Å². The molecule has 0 radical (unpaired) electrons. The van der Waals surface area contributed by atoms with Crippen molar-refractivity contribution in [3.63, 3.8) is 0 Å². The van der Waals surface area contributed by atoms with Crippen molar-refractivity contribution >= 4 is 27.7 Å². The molecule has 4 nitrogen and oxygen atoms in total. The number of hydrogen-bond acceptors (Lipinski definition) is 2. The Morgan fingerprint density at radius 1 is 1.17 bits per heavy atom. The van der Waals surface area contributed by atoms with Crippen molar-refractivity contribution in [3.05, 3.63) is 34.3 Å². The Labute approximate surface area is 113 Å². The molecule has 1 rings (SSSR count). The van der Waals surface area contributed by atoms with E-state index in [-0.39, 0.29) is 31.3 Å². The number of carbonyl (C=O) groups excluding carboxylic acids is 2. The highest BCUT2D eigenvalue weighted by Crippen LogP contribution is 2.10. The van der Waals surface area contributed by atoms with Gasteiger partial charge in [0.2, 0.25) is 5.91 Å². The van der Waals surface area contributed by atoms with Gasteiger partial charge in [0.1, 0.15) is 0 Å². The van der Waals surface area contributed by atoms with E-state index in [4.69, 9.17) is 0 Å². The van der Waals surface area contributed by atoms with Crippen LogP contribution < -0.4 is 10.6 Å². The van der Waals surface area contributed by atoms with E-state index in [9.17, 15) is 14.0 Å². The second kappa shape index (κ2) is 7.81. The quantitative estimate of drug-likeness (QED) is 0.784. The fourth-order valence-corrected chi connectivity index (χ4v) is 1.49. The molecule has 2 N–H and O–H groups in total. The van der Waals surface area contributed by atoms with E-state index in [0.717, 1.165) is 4.47 Å². The Balaban J connectivity index is 2.32. The largest absolute Gasteiger partial charge is 0.354 e. The Kier molecular flexibility index (Phi) is 6.35. The molecule has 6 heteroatoms. The molecular weight excluding hydrogens is 303 g/mol. The molecule has 18 heavy (non-hydrogen) atoms. The minimum Gasteiger partial charge on any atom is -0.354 e. The number of amides is 2. The van der Waals surface area contributed by atoms with Gasteiger partial charge in [-0.1, -0.05) is 15.9 Å². The molecule has 0 aliphatic carbocycles. The molecule has 0 saturated carbocycles. The van der Waals surface area contributed by atoms with Gasteiger partial charge in [-0.15, -0.1) is 0 Å². The van der Waals surface area contributed by atoms with E-state index in [2.05, 4.69) is 26.6 Å². The lowest BCUT2D eigenvalue weighted by atomic mass is 10.2. The summed E-state index contributed by atoms with van der Waals surface area (Å²) in [6.45, 7) is -0.295. The van der Waals surface area contributed by atoms with Gasteiger partial charge in [-0.25, -0.2) is 0 Å². The van der Waals surface area contributed by atoms with Crippen LogP contribution in [0.2, 0.25) is 0 Å². The van der Waals surface area contributed by atoms with Gasteiger partial charge in [0.15, 0.2) is 0 Å². The van der Waals surface area contributed by atoms with Gasteiger partial charge in [0.05, 0.1) is 13.2 Å². The zero-order chi connectivity index (χ0) is 13.4. The van der Waals surface area contributed by atoms with E-state index in [1.807, 2.05) is 0 Å². The van der Waals surface area contributed by atoms with E-state index in [1.165, 1.54) is 0 Å². The summed E-state index contributed by atoms with van der Waals surface area (Å²) < 4.78 is 12.7. The average Bonchev–Trinajstić information content (AvgIpc) is 2.37. The van der Waals surface area contributed by atoms with E-state index in [0.29, 0.717) is 5.56 Å². The number of hydrogen-bond donors (Lipinski definition) is 2. The Bertz CT molecular complexity index is 409. The van der Waals surface area contributed by atoms with E-state index in [1.54, 1.807) is 24.3 Å². The highest BCUT2D eigenvalue weighted by molar-refractivity contribution is 9.10. The number of carbonyl (C=O) groups is 2. The maximum Gasteiger partial charge on any atom is 0.251 e. The van der Waals surface area contributed by atoms with Crippen LogP contribution in [0.25, 0.3) is 0 Å². The van der Waals surface area contributed by atoms with Crippen LogP contribution in [0, 0.1) is 0 Å². The molecule has 0 aliphatic rings. The van der Waals surface area contributed by atoms with Crippen molar-refractivity contribution in [3.8, 4) is 0 Å². The van der Waals surface area contributed by atoms with Gasteiger partial charge < -0.3 is 10.6 Å². The lowest BCUT2D eigenvalue weighted by Crippen LogP contribution is -2.37. The molecule has 0 heterocycles. The van der Waals surface area contributed by atoms with Crippen LogP contribution in [-0.2, 0) is 4.79 Å². The summed E-state index contributed by atoms with van der Waals surface area (Å²) in [4.78, 5) is 22.9. The van der Waals surface area contributed by atoms with Crippen molar-refractivity contribution in [1.82, 2.24) is 10.6 Å². The van der Waals surface area contributed by atoms with Crippen LogP contribution in [0.3, 0.4) is 0 Å². The minimum atomic E-state index is -0.467. The molecule has 1 aromatic carbocycles. The smallest absolute Gasteiger partial charge is 0.251 e. The summed E-state index contributed by atoms with van der Waals surface area (Å²) in [6, 6.07) is 6.80. The molecule has 0 aromatic heterocycles. The van der Waals surface area contributed by atoms with E-state index >= 15 is 0 Å². The SMILES string of the molecule is O=C(CNC(=O)c1ccc(Br)cc1)NCCCF. The molecule has 0 unspecified atom stereocenters. The highest BCUT2D eigenvalue weighted by atomic mass is 79.9. The number of halogens is 2. The van der Waals surface area contributed by atoms with Crippen molar-refractivity contribution in [2.45, 2.75) is 6.42 Å². The zero-order valence-electron chi connectivity index (χ0n) is 9.71. The van der Waals surface area contributed by atoms with Gasteiger partial charge in [-0.2, -0.15) is 0 Å². The van der Waals surface area contributed by atoms with Crippen LogP contribution in [-0.4, -0.2) is 31.6 Å². The fraction of sp³-hybridized carbons (Fsp3) is 0.333. The van der Waals surface area contributed by atoms with Crippen LogP contribution in [0.5, 0.6) is 0 Å². The molecule has 0 spiro atoms. The van der Waals surface area contributed by atoms with Crippen LogP contribution in [0.15, 0.2) is 28.7 Å². The van der Waals surface area contributed by atoms with Crippen LogP contribution >= 0.6 is 15.9 Å². The maximum absolute atomic E-state index is 11.8. The second-order valence-corrected chi connectivity index (χ2v) is 4.50. The monoisotopic (exact) mass is 316 g/mol. The molecule has 0 atom stereocenters. The molecule has 1 aromatic rings. The van der Waals surface area contributed by atoms with Crippen molar-refractivity contribution in [2.75, 3.05) is 19.8 Å². The van der Waals surface area contributed by atoms with Crippen LogP contribution in [0.1, 0.15) is 16.8 Å². The third-order valence-electron chi connectivity index (χ3n) is 2.15. The number of rotatable bonds is 6. The lowest BCUT2D eigenvalue weighted by Gasteiger charge is -2.06. The molecule has 2 amide bonds. The van der Waals surface area contributed by atoms with Gasteiger partial charge in [0.25, 0.3) is 5.91 Å². The van der Waals surface area contributed by atoms with Crippen molar-refractivity contribution in [2.24, 2.45) is 0 Å². The normalized spacial score (nSPS) is 9.89. The highest BCUT2D eigenvalue weighted by Gasteiger charge is 2.07. The van der Waals surface area contributed by atoms with Gasteiger partial charge in [0, 0.05) is 16.6 Å². The molecule has 0 saturated heterocycles. The predicted molar refractivity (Wildman–Crippen MR) is 70.1 cm³/mol. The topological polar surface area (TPSA) is 58.2 Å². The second-order valence-electron chi connectivity index (χ2n) is 3.58. The van der Waals surface area contributed by atoms with Crippen LogP contribution in [0.4, 0.5) is 4.39 Å². The first kappa shape index (κ1) is 14.6. The zero-order valence-corrected chi connectivity index (χ0v) is 11.3. The predicted octanol–water partition coefficient (Wildman–Crippen LogP) is 1.65. The van der Waals surface area contributed by atoms with Gasteiger partial charge >= 0.3 is 0 Å². The molecule has 0 fully saturated rings. The molecule has 98 valence electrons. The maximum atomic E-state index is 11.8. The summed E-state index contributed by atoms with van der Waals surface area (Å²) >= 11 is 3.27. The molecular formula is C12H14BrFN2O2. The van der Waals surface area contributed by atoms with Gasteiger partial charge in [-0.3, -0.25) is 14.0 Å². The van der Waals surface area contributed by atoms with Crippen molar-refractivity contribution in [1.29, 1.82) is 0 Å². The summed E-state index contributed by atoms with van der Waals surface area (Å²) in [5.41, 5.74) is 0.481. The first-order valence-corrected chi connectivity index (χ1v) is 6.29. The summed E-state index contributed by atoms with van der Waals surface area (Å²) in [5.74, 6) is -0.642. The standard InChI is InChI=1S/C12H14BrFN2O2/c13-10-4-2-9(3-5-10)12(18)16-8-11(17)15-7-1-6-14/h2-5H,1,6-8H2,(H,15,17)(H,16,18). The minimum absolute atomic E-state index is 0.110. The summed E-state index contributed by atoms with van der Waals surface area (Å²) in [5, 5.41) is 4.98. The fourth-order valence-electron chi connectivity index (χ4n) is 1.22. The third-order valence-corrected chi connectivity index (χ3v) is 2.68.